The molecule has 2 heterocycles. The van der Waals surface area contributed by atoms with Crippen molar-refractivity contribution in [2.75, 3.05) is 7.11 Å². The predicted molar refractivity (Wildman–Crippen MR) is 123 cm³/mol. The number of ether oxygens (including phenoxy) is 2. The fourth-order valence-electron chi connectivity index (χ4n) is 4.62. The number of fused-ring (bicyclic) bond motifs is 2. The predicted octanol–water partition coefficient (Wildman–Crippen LogP) is 5.67. The van der Waals surface area contributed by atoms with Crippen molar-refractivity contribution in [1.82, 2.24) is 10.3 Å². The highest BCUT2D eigenvalue weighted by atomic mass is 32.2. The number of hydrogen-bond donors (Lipinski definition) is 1. The molecular formula is C25H26N2O3S. The molecule has 1 saturated carbocycles. The molecule has 0 saturated heterocycles. The molecule has 1 aliphatic carbocycles. The van der Waals surface area contributed by atoms with Gasteiger partial charge in [-0.2, -0.15) is 0 Å². The van der Waals surface area contributed by atoms with E-state index in [0.29, 0.717) is 6.04 Å². The number of amides is 1. The molecule has 5 rings (SSSR count). The van der Waals surface area contributed by atoms with E-state index in [2.05, 4.69) is 23.3 Å². The van der Waals surface area contributed by atoms with Crippen LogP contribution in [-0.2, 0) is 4.79 Å². The first-order chi connectivity index (χ1) is 15.1. The van der Waals surface area contributed by atoms with E-state index in [9.17, 15) is 4.79 Å². The van der Waals surface area contributed by atoms with Gasteiger partial charge >= 0.3 is 0 Å². The Morgan fingerprint density at radius 3 is 2.71 bits per heavy atom. The summed E-state index contributed by atoms with van der Waals surface area (Å²) in [4.78, 5) is 18.5. The van der Waals surface area contributed by atoms with Crippen molar-refractivity contribution in [3.05, 3.63) is 54.2 Å². The number of nitrogens with zero attached hydrogens (tertiary/aromatic N) is 1. The molecule has 0 radical (unpaired) electrons. The molecule has 1 aliphatic heterocycles. The first-order valence-electron chi connectivity index (χ1n) is 10.8. The minimum Gasteiger partial charge on any atom is -0.497 e. The lowest BCUT2D eigenvalue weighted by molar-refractivity contribution is -0.123. The molecule has 1 N–H and O–H groups in total. The van der Waals surface area contributed by atoms with E-state index >= 15 is 0 Å². The third-order valence-corrected chi connectivity index (χ3v) is 7.48. The van der Waals surface area contributed by atoms with Crippen molar-refractivity contribution in [3.8, 4) is 17.2 Å². The lowest BCUT2D eigenvalue weighted by atomic mass is 9.95. The van der Waals surface area contributed by atoms with Crippen LogP contribution in [0.5, 0.6) is 17.2 Å². The van der Waals surface area contributed by atoms with Crippen LogP contribution >= 0.6 is 11.8 Å². The number of nitrogens with one attached hydrogen (secondary N) is 1. The van der Waals surface area contributed by atoms with Crippen LogP contribution in [0.15, 0.2) is 53.6 Å². The highest BCUT2D eigenvalue weighted by molar-refractivity contribution is 8.00. The molecule has 3 aromatic rings. The second kappa shape index (κ2) is 8.42. The summed E-state index contributed by atoms with van der Waals surface area (Å²) in [6.07, 6.45) is 6.38. The Labute approximate surface area is 186 Å². The van der Waals surface area contributed by atoms with Crippen LogP contribution in [0, 0.1) is 0 Å². The number of rotatable bonds is 5. The normalized spacial score (nSPS) is 20.6. The van der Waals surface area contributed by atoms with Crippen molar-refractivity contribution in [1.29, 1.82) is 0 Å². The van der Waals surface area contributed by atoms with Gasteiger partial charge in [-0.15, -0.1) is 11.8 Å². The van der Waals surface area contributed by atoms with Gasteiger partial charge in [-0.3, -0.25) is 9.78 Å². The van der Waals surface area contributed by atoms with Gasteiger partial charge in [-0.1, -0.05) is 25.8 Å². The molecule has 160 valence electrons. The first-order valence-corrected chi connectivity index (χ1v) is 11.7. The molecule has 2 unspecified atom stereocenters. The summed E-state index contributed by atoms with van der Waals surface area (Å²) in [5, 5.41) is 4.41. The summed E-state index contributed by atoms with van der Waals surface area (Å²) < 4.78 is 11.5. The summed E-state index contributed by atoms with van der Waals surface area (Å²) >= 11 is 1.75. The molecular weight excluding hydrogens is 408 g/mol. The maximum atomic E-state index is 13.0. The fraction of sp³-hybridized carbons (Fsp3) is 0.360. The first kappa shape index (κ1) is 20.2. The van der Waals surface area contributed by atoms with E-state index in [1.54, 1.807) is 25.1 Å². The Hall–Kier alpha value is -2.73. The van der Waals surface area contributed by atoms with Crippen LogP contribution in [0.2, 0.25) is 0 Å². The molecule has 1 aromatic heterocycles. The zero-order valence-electron chi connectivity index (χ0n) is 17.8. The number of methoxy groups -OCH3 is 1. The summed E-state index contributed by atoms with van der Waals surface area (Å²) in [6, 6.07) is 14.0. The topological polar surface area (TPSA) is 60.5 Å². The van der Waals surface area contributed by atoms with E-state index in [1.165, 1.54) is 12.8 Å². The summed E-state index contributed by atoms with van der Waals surface area (Å²) in [5.41, 5.74) is 1.93. The molecule has 0 bridgehead atoms. The van der Waals surface area contributed by atoms with Gasteiger partial charge in [0.15, 0.2) is 0 Å². The standard InChI is InChI=1S/C25H26N2O3S/c1-15-24(25(28)27-16-5-3-4-6-16)20-10-8-18(14-23(20)31-15)30-22-11-12-26-21-13-17(29-2)7-9-19(21)22/h7-16,24H,3-6H2,1-2H3,(H,27,28). The summed E-state index contributed by atoms with van der Waals surface area (Å²) in [6.45, 7) is 2.13. The van der Waals surface area contributed by atoms with Gasteiger partial charge in [-0.25, -0.2) is 0 Å². The monoisotopic (exact) mass is 434 g/mol. The van der Waals surface area contributed by atoms with Crippen LogP contribution in [0.4, 0.5) is 0 Å². The summed E-state index contributed by atoms with van der Waals surface area (Å²) in [7, 11) is 1.64. The van der Waals surface area contributed by atoms with Crippen LogP contribution in [0.25, 0.3) is 10.9 Å². The molecule has 31 heavy (non-hydrogen) atoms. The maximum absolute atomic E-state index is 13.0. The lowest BCUT2D eigenvalue weighted by Gasteiger charge is -2.19. The van der Waals surface area contributed by atoms with Gasteiger partial charge in [0.05, 0.1) is 18.5 Å². The molecule has 2 aliphatic rings. The minimum atomic E-state index is -0.108. The van der Waals surface area contributed by atoms with E-state index in [0.717, 1.165) is 51.5 Å². The van der Waals surface area contributed by atoms with Crippen molar-refractivity contribution < 1.29 is 14.3 Å². The van der Waals surface area contributed by atoms with Gasteiger partial charge < -0.3 is 14.8 Å². The Kier molecular flexibility index (Phi) is 5.48. The molecule has 1 fully saturated rings. The second-order valence-corrected chi connectivity index (χ2v) is 9.70. The quantitative estimate of drug-likeness (QED) is 0.560. The number of carbonyl (C=O) groups is 1. The average molecular weight is 435 g/mol. The Morgan fingerprint density at radius 2 is 1.90 bits per heavy atom. The van der Waals surface area contributed by atoms with Crippen molar-refractivity contribution in [3.63, 3.8) is 0 Å². The third-order valence-electron chi connectivity index (χ3n) is 6.22. The van der Waals surface area contributed by atoms with Gasteiger partial charge in [0.2, 0.25) is 5.91 Å². The number of pyridine rings is 1. The van der Waals surface area contributed by atoms with Gasteiger partial charge in [0, 0.05) is 33.8 Å². The molecule has 2 aromatic carbocycles. The van der Waals surface area contributed by atoms with Gasteiger partial charge in [0.1, 0.15) is 17.2 Å². The summed E-state index contributed by atoms with van der Waals surface area (Å²) in [5.74, 6) is 2.33. The zero-order chi connectivity index (χ0) is 21.4. The fourth-order valence-corrected chi connectivity index (χ4v) is 5.94. The highest BCUT2D eigenvalue weighted by Crippen LogP contribution is 2.47. The largest absolute Gasteiger partial charge is 0.497 e. The van der Waals surface area contributed by atoms with Crippen LogP contribution in [0.3, 0.4) is 0 Å². The zero-order valence-corrected chi connectivity index (χ0v) is 18.6. The van der Waals surface area contributed by atoms with Crippen molar-refractivity contribution in [2.45, 2.75) is 54.7 Å². The smallest absolute Gasteiger partial charge is 0.228 e. The Morgan fingerprint density at radius 1 is 1.10 bits per heavy atom. The number of hydrogen-bond acceptors (Lipinski definition) is 5. The van der Waals surface area contributed by atoms with E-state index in [4.69, 9.17) is 9.47 Å². The van der Waals surface area contributed by atoms with E-state index in [1.807, 2.05) is 36.4 Å². The second-order valence-electron chi connectivity index (χ2n) is 8.28. The number of carbonyl (C=O) groups excluding carboxylic acids is 1. The SMILES string of the molecule is COc1ccc2c(Oc3ccc4c(c3)SC(C)C4C(=O)NC3CCCC3)ccnc2c1. The van der Waals surface area contributed by atoms with E-state index < -0.39 is 0 Å². The van der Waals surface area contributed by atoms with Crippen LogP contribution in [0.1, 0.15) is 44.1 Å². The lowest BCUT2D eigenvalue weighted by Crippen LogP contribution is -2.38. The average Bonchev–Trinajstić information content (AvgIpc) is 3.39. The molecule has 5 nitrogen and oxygen atoms in total. The van der Waals surface area contributed by atoms with Crippen molar-refractivity contribution >= 4 is 28.6 Å². The Bertz CT molecular complexity index is 1130. The highest BCUT2D eigenvalue weighted by Gasteiger charge is 2.37. The van der Waals surface area contributed by atoms with Crippen LogP contribution in [-0.4, -0.2) is 29.3 Å². The van der Waals surface area contributed by atoms with Gasteiger partial charge in [-0.05, 0) is 48.7 Å². The maximum Gasteiger partial charge on any atom is 0.228 e. The van der Waals surface area contributed by atoms with E-state index in [-0.39, 0.29) is 17.1 Å². The minimum absolute atomic E-state index is 0.108. The molecule has 2 atom stereocenters. The molecule has 0 spiro atoms. The van der Waals surface area contributed by atoms with Gasteiger partial charge in [0.25, 0.3) is 0 Å². The number of thioether (sulfide) groups is 1. The number of benzene rings is 2. The van der Waals surface area contributed by atoms with Crippen molar-refractivity contribution in [2.24, 2.45) is 0 Å². The van der Waals surface area contributed by atoms with Crippen LogP contribution < -0.4 is 14.8 Å². The molecule has 1 amide bonds. The Balaban J connectivity index is 1.38. The number of aromatic nitrogens is 1. The molecule has 6 heteroatoms. The third kappa shape index (κ3) is 3.97.